The molecule has 0 aliphatic carbocycles. The summed E-state index contributed by atoms with van der Waals surface area (Å²) in [6.07, 6.45) is 3.32. The van der Waals surface area contributed by atoms with Crippen molar-refractivity contribution in [3.8, 4) is 0 Å². The Morgan fingerprint density at radius 2 is 2.10 bits per heavy atom. The Morgan fingerprint density at radius 1 is 1.40 bits per heavy atom. The van der Waals surface area contributed by atoms with Gasteiger partial charge in [0.15, 0.2) is 0 Å². The van der Waals surface area contributed by atoms with Crippen molar-refractivity contribution in [2.24, 2.45) is 0 Å². The van der Waals surface area contributed by atoms with Crippen LogP contribution in [-0.2, 0) is 10.0 Å². The third-order valence-electron chi connectivity index (χ3n) is 2.80. The van der Waals surface area contributed by atoms with E-state index in [9.17, 15) is 13.2 Å². The second-order valence-corrected chi connectivity index (χ2v) is 6.94. The van der Waals surface area contributed by atoms with Crippen LogP contribution in [0.2, 0.25) is 5.02 Å². The molecule has 2 N–H and O–H groups in total. The summed E-state index contributed by atoms with van der Waals surface area (Å²) in [5.74, 6) is 0. The van der Waals surface area contributed by atoms with Crippen LogP contribution < -0.4 is 10.1 Å². The number of sulfonamides is 1. The minimum Gasteiger partial charge on any atom is -0.301 e. The first-order valence-corrected chi connectivity index (χ1v) is 7.65. The molecule has 1 aromatic carbocycles. The van der Waals surface area contributed by atoms with Crippen LogP contribution in [0.5, 0.6) is 0 Å². The topological polar surface area (TPSA) is 78.5 Å². The summed E-state index contributed by atoms with van der Waals surface area (Å²) in [7, 11) is -3.96. The highest BCUT2D eigenvalue weighted by molar-refractivity contribution is 7.90. The fourth-order valence-corrected chi connectivity index (χ4v) is 2.96. The number of hydrogen-bond acceptors (Lipinski definition) is 4. The van der Waals surface area contributed by atoms with Crippen molar-refractivity contribution in [1.82, 2.24) is 15.2 Å². The van der Waals surface area contributed by atoms with E-state index in [0.29, 0.717) is 0 Å². The van der Waals surface area contributed by atoms with Gasteiger partial charge in [-0.3, -0.25) is 0 Å². The van der Waals surface area contributed by atoms with Crippen molar-refractivity contribution in [2.75, 3.05) is 0 Å². The highest BCUT2D eigenvalue weighted by Gasteiger charge is 2.34. The van der Waals surface area contributed by atoms with Crippen LogP contribution in [0.1, 0.15) is 13.8 Å². The van der Waals surface area contributed by atoms with Crippen LogP contribution >= 0.6 is 11.6 Å². The summed E-state index contributed by atoms with van der Waals surface area (Å²) in [4.78, 5) is 12.0. The third-order valence-corrected chi connectivity index (χ3v) is 4.36. The normalized spacial score (nSPS) is 16.9. The molecule has 1 aromatic rings. The van der Waals surface area contributed by atoms with E-state index < -0.39 is 21.6 Å². The molecule has 108 valence electrons. The Balaban J connectivity index is 2.19. The average molecular weight is 316 g/mol. The predicted molar refractivity (Wildman–Crippen MR) is 75.4 cm³/mol. The van der Waals surface area contributed by atoms with Crippen LogP contribution in [0.25, 0.3) is 0 Å². The van der Waals surface area contributed by atoms with Gasteiger partial charge < -0.3 is 5.43 Å². The van der Waals surface area contributed by atoms with E-state index in [-0.39, 0.29) is 9.92 Å². The minimum atomic E-state index is -3.96. The maximum Gasteiger partial charge on any atom is 0.350 e. The number of urea groups is 1. The lowest BCUT2D eigenvalue weighted by atomic mass is 10.1. The molecular formula is C12H14ClN3O3S. The second kappa shape index (κ2) is 4.99. The molecule has 20 heavy (non-hydrogen) atoms. The summed E-state index contributed by atoms with van der Waals surface area (Å²) in [5, 5.41) is 1.47. The van der Waals surface area contributed by atoms with Crippen molar-refractivity contribution in [2.45, 2.75) is 24.3 Å². The lowest BCUT2D eigenvalue weighted by Gasteiger charge is -2.30. The van der Waals surface area contributed by atoms with E-state index >= 15 is 0 Å². The zero-order valence-corrected chi connectivity index (χ0v) is 12.5. The van der Waals surface area contributed by atoms with Crippen molar-refractivity contribution in [3.05, 3.63) is 41.6 Å². The predicted octanol–water partition coefficient (Wildman–Crippen LogP) is 1.85. The van der Waals surface area contributed by atoms with Gasteiger partial charge in [0.1, 0.15) is 0 Å². The fraction of sp³-hybridized carbons (Fsp3) is 0.250. The molecular weight excluding hydrogens is 302 g/mol. The molecule has 0 bridgehead atoms. The number of amides is 2. The summed E-state index contributed by atoms with van der Waals surface area (Å²) in [6, 6.07) is 4.93. The Morgan fingerprint density at radius 3 is 2.65 bits per heavy atom. The van der Waals surface area contributed by atoms with Gasteiger partial charge in [-0.1, -0.05) is 17.7 Å². The van der Waals surface area contributed by atoms with Gasteiger partial charge in [-0.25, -0.2) is 22.9 Å². The molecule has 0 atom stereocenters. The molecule has 0 spiro atoms. The van der Waals surface area contributed by atoms with Gasteiger partial charge in [-0.2, -0.15) is 0 Å². The van der Waals surface area contributed by atoms with Gasteiger partial charge in [0.25, 0.3) is 10.0 Å². The highest BCUT2D eigenvalue weighted by atomic mass is 35.5. The molecule has 1 heterocycles. The van der Waals surface area contributed by atoms with Crippen LogP contribution in [-0.4, -0.2) is 25.0 Å². The number of rotatable bonds is 2. The van der Waals surface area contributed by atoms with Crippen molar-refractivity contribution < 1.29 is 13.2 Å². The molecule has 0 radical (unpaired) electrons. The third kappa shape index (κ3) is 2.88. The zero-order chi connectivity index (χ0) is 15.0. The Kier molecular flexibility index (Phi) is 3.66. The number of nitrogens with zero attached hydrogens (tertiary/aromatic N) is 1. The summed E-state index contributed by atoms with van der Waals surface area (Å²) in [5.41, 5.74) is 2.07. The number of carbonyl (C=O) groups excluding carboxylic acids is 1. The number of hydrazine groups is 1. The van der Waals surface area contributed by atoms with Crippen LogP contribution in [0.3, 0.4) is 0 Å². The summed E-state index contributed by atoms with van der Waals surface area (Å²) in [6.45, 7) is 3.55. The quantitative estimate of drug-likeness (QED) is 0.873. The SMILES string of the molecule is CC1(C)C=CNN1C(=O)NS(=O)(=O)c1cccc(Cl)c1. The lowest BCUT2D eigenvalue weighted by molar-refractivity contribution is 0.152. The summed E-state index contributed by atoms with van der Waals surface area (Å²) >= 11 is 5.75. The lowest BCUT2D eigenvalue weighted by Crippen LogP contribution is -2.54. The Labute approximate surface area is 122 Å². The molecule has 0 unspecified atom stereocenters. The molecule has 0 aromatic heterocycles. The van der Waals surface area contributed by atoms with Gasteiger partial charge >= 0.3 is 6.03 Å². The van der Waals surface area contributed by atoms with Crippen LogP contribution in [0, 0.1) is 0 Å². The number of carbonyl (C=O) groups is 1. The second-order valence-electron chi connectivity index (χ2n) is 4.82. The first kappa shape index (κ1) is 14.7. The van der Waals surface area contributed by atoms with Crippen LogP contribution in [0.15, 0.2) is 41.4 Å². The molecule has 8 heteroatoms. The molecule has 1 aliphatic rings. The van der Waals surface area contributed by atoms with Gasteiger partial charge in [-0.15, -0.1) is 0 Å². The molecule has 1 aliphatic heterocycles. The van der Waals surface area contributed by atoms with E-state index in [4.69, 9.17) is 11.6 Å². The van der Waals surface area contributed by atoms with E-state index in [2.05, 4.69) is 5.43 Å². The van der Waals surface area contributed by atoms with Gasteiger partial charge in [0.2, 0.25) is 0 Å². The molecule has 0 saturated carbocycles. The largest absolute Gasteiger partial charge is 0.350 e. The van der Waals surface area contributed by atoms with Crippen molar-refractivity contribution in [1.29, 1.82) is 0 Å². The summed E-state index contributed by atoms with van der Waals surface area (Å²) < 4.78 is 26.2. The minimum absolute atomic E-state index is 0.0664. The number of nitrogens with one attached hydrogen (secondary N) is 2. The van der Waals surface area contributed by atoms with Crippen molar-refractivity contribution >= 4 is 27.7 Å². The van der Waals surface area contributed by atoms with E-state index in [0.717, 1.165) is 0 Å². The van der Waals surface area contributed by atoms with Gasteiger partial charge in [-0.05, 0) is 38.1 Å². The van der Waals surface area contributed by atoms with E-state index in [1.54, 1.807) is 32.2 Å². The standard InChI is InChI=1S/C12H14ClN3O3S/c1-12(2)6-7-14-16(12)11(17)15-20(18,19)10-5-3-4-9(13)8-10/h3-8,14H,1-2H3,(H,15,17). The van der Waals surface area contributed by atoms with Crippen molar-refractivity contribution in [3.63, 3.8) is 0 Å². The Hall–Kier alpha value is -1.73. The smallest absolute Gasteiger partial charge is 0.301 e. The maximum atomic E-state index is 12.1. The highest BCUT2D eigenvalue weighted by Crippen LogP contribution is 2.20. The van der Waals surface area contributed by atoms with E-state index in [1.807, 2.05) is 4.72 Å². The Bertz CT molecular complexity index is 670. The van der Waals surface area contributed by atoms with Gasteiger partial charge in [0.05, 0.1) is 10.4 Å². The molecule has 0 fully saturated rings. The molecule has 2 rings (SSSR count). The zero-order valence-electron chi connectivity index (χ0n) is 10.9. The molecule has 2 amide bonds. The molecule has 0 saturated heterocycles. The maximum absolute atomic E-state index is 12.1. The number of benzene rings is 1. The van der Waals surface area contributed by atoms with E-state index in [1.165, 1.54) is 23.2 Å². The monoisotopic (exact) mass is 315 g/mol. The molecule has 6 nitrogen and oxygen atoms in total. The first-order chi connectivity index (χ1) is 9.22. The van der Waals surface area contributed by atoms with Gasteiger partial charge in [0, 0.05) is 11.2 Å². The average Bonchev–Trinajstić information content (AvgIpc) is 2.68. The first-order valence-electron chi connectivity index (χ1n) is 5.79. The van der Waals surface area contributed by atoms with Crippen LogP contribution in [0.4, 0.5) is 4.79 Å². The fourth-order valence-electron chi connectivity index (χ4n) is 1.73. The number of hydrogen-bond donors (Lipinski definition) is 2. The number of halogens is 1.